The van der Waals surface area contributed by atoms with Crippen molar-refractivity contribution in [1.82, 2.24) is 0 Å². The van der Waals surface area contributed by atoms with Gasteiger partial charge in [0.15, 0.2) is 9.84 Å². The van der Waals surface area contributed by atoms with Crippen LogP contribution in [-0.4, -0.2) is 24.7 Å². The lowest BCUT2D eigenvalue weighted by Gasteiger charge is -2.15. The first-order valence-corrected chi connectivity index (χ1v) is 8.11. The topological polar surface area (TPSA) is 71.4 Å². The van der Waals surface area contributed by atoms with Crippen molar-refractivity contribution < 1.29 is 18.3 Å². The molecule has 0 heterocycles. The number of sulfone groups is 1. The van der Waals surface area contributed by atoms with Gasteiger partial charge in [-0.3, -0.25) is 0 Å². The Kier molecular flexibility index (Phi) is 3.94. The molecule has 1 aliphatic carbocycles. The van der Waals surface area contributed by atoms with E-state index in [9.17, 15) is 13.2 Å². The SMILES string of the molecule is CCc1ccc(C(=O)O)cc1S(=O)(=O)C1CCCC1. The summed E-state index contributed by atoms with van der Waals surface area (Å²) in [6.45, 7) is 1.88. The number of carboxylic acids is 1. The van der Waals surface area contributed by atoms with Gasteiger partial charge in [-0.2, -0.15) is 0 Å². The number of benzene rings is 1. The molecule has 1 aromatic rings. The van der Waals surface area contributed by atoms with Crippen LogP contribution in [0.2, 0.25) is 0 Å². The van der Waals surface area contributed by atoms with Crippen LogP contribution in [0, 0.1) is 0 Å². The zero-order valence-electron chi connectivity index (χ0n) is 10.9. The lowest BCUT2D eigenvalue weighted by Crippen LogP contribution is -2.19. The number of rotatable bonds is 4. The molecule has 1 fully saturated rings. The van der Waals surface area contributed by atoms with Gasteiger partial charge in [0.2, 0.25) is 0 Å². The van der Waals surface area contributed by atoms with E-state index in [2.05, 4.69) is 0 Å². The van der Waals surface area contributed by atoms with Crippen LogP contribution in [0.5, 0.6) is 0 Å². The minimum absolute atomic E-state index is 0.0359. The van der Waals surface area contributed by atoms with Gasteiger partial charge in [0, 0.05) is 0 Å². The van der Waals surface area contributed by atoms with Crippen LogP contribution >= 0.6 is 0 Å². The lowest BCUT2D eigenvalue weighted by molar-refractivity contribution is 0.0696. The number of hydrogen-bond acceptors (Lipinski definition) is 3. The maximum atomic E-state index is 12.6. The van der Waals surface area contributed by atoms with Gasteiger partial charge in [-0.15, -0.1) is 0 Å². The summed E-state index contributed by atoms with van der Waals surface area (Å²) in [5, 5.41) is 8.66. The number of carboxylic acid groups (broad SMARTS) is 1. The molecule has 5 heteroatoms. The quantitative estimate of drug-likeness (QED) is 0.921. The molecule has 1 aromatic carbocycles. The van der Waals surface area contributed by atoms with E-state index in [1.54, 1.807) is 6.07 Å². The molecule has 1 saturated carbocycles. The lowest BCUT2D eigenvalue weighted by atomic mass is 10.1. The fraction of sp³-hybridized carbons (Fsp3) is 0.500. The highest BCUT2D eigenvalue weighted by molar-refractivity contribution is 7.92. The first-order valence-electron chi connectivity index (χ1n) is 6.57. The summed E-state index contributed by atoms with van der Waals surface area (Å²) in [4.78, 5) is 11.2. The van der Waals surface area contributed by atoms with E-state index in [1.165, 1.54) is 12.1 Å². The maximum absolute atomic E-state index is 12.6. The van der Waals surface area contributed by atoms with Crippen LogP contribution < -0.4 is 0 Å². The largest absolute Gasteiger partial charge is 0.478 e. The molecule has 104 valence electrons. The van der Waals surface area contributed by atoms with E-state index < -0.39 is 15.8 Å². The zero-order chi connectivity index (χ0) is 14.0. The molecule has 2 rings (SSSR count). The van der Waals surface area contributed by atoms with Crippen molar-refractivity contribution in [2.45, 2.75) is 49.2 Å². The van der Waals surface area contributed by atoms with Crippen LogP contribution in [0.25, 0.3) is 0 Å². The molecule has 0 radical (unpaired) electrons. The first kappa shape index (κ1) is 14.1. The first-order chi connectivity index (χ1) is 8.96. The predicted molar refractivity (Wildman–Crippen MR) is 72.2 cm³/mol. The monoisotopic (exact) mass is 282 g/mol. The van der Waals surface area contributed by atoms with Gasteiger partial charge in [-0.1, -0.05) is 25.8 Å². The Balaban J connectivity index is 2.52. The molecule has 0 amide bonds. The van der Waals surface area contributed by atoms with Gasteiger partial charge in [0.25, 0.3) is 0 Å². The number of aromatic carboxylic acids is 1. The number of carbonyl (C=O) groups is 1. The normalized spacial score (nSPS) is 16.7. The summed E-state index contributed by atoms with van der Waals surface area (Å²) in [5.74, 6) is -1.09. The summed E-state index contributed by atoms with van der Waals surface area (Å²) in [6, 6.07) is 4.40. The van der Waals surface area contributed by atoms with E-state index in [0.29, 0.717) is 24.8 Å². The molecular formula is C14H18O4S. The molecule has 19 heavy (non-hydrogen) atoms. The Morgan fingerprint density at radius 2 is 1.95 bits per heavy atom. The second-order valence-electron chi connectivity index (χ2n) is 4.93. The minimum atomic E-state index is -3.40. The van der Waals surface area contributed by atoms with E-state index in [0.717, 1.165) is 12.8 Å². The number of aryl methyl sites for hydroxylation is 1. The fourth-order valence-corrected chi connectivity index (χ4v) is 4.80. The second kappa shape index (κ2) is 5.33. The van der Waals surface area contributed by atoms with Crippen molar-refractivity contribution in [1.29, 1.82) is 0 Å². The summed E-state index contributed by atoms with van der Waals surface area (Å²) in [5.41, 5.74) is 0.741. The highest BCUT2D eigenvalue weighted by Gasteiger charge is 2.32. The van der Waals surface area contributed by atoms with Gasteiger partial charge in [0.05, 0.1) is 15.7 Å². The van der Waals surface area contributed by atoms with Crippen molar-refractivity contribution in [2.24, 2.45) is 0 Å². The molecule has 4 nitrogen and oxygen atoms in total. The number of hydrogen-bond donors (Lipinski definition) is 1. The zero-order valence-corrected chi connectivity index (χ0v) is 11.7. The predicted octanol–water partition coefficient (Wildman–Crippen LogP) is 2.66. The van der Waals surface area contributed by atoms with E-state index >= 15 is 0 Å². The Morgan fingerprint density at radius 1 is 1.32 bits per heavy atom. The van der Waals surface area contributed by atoms with E-state index in [-0.39, 0.29) is 15.7 Å². The fourth-order valence-electron chi connectivity index (χ4n) is 2.62. The molecule has 1 aliphatic rings. The molecule has 0 spiro atoms. The molecule has 0 bridgehead atoms. The molecule has 0 atom stereocenters. The average molecular weight is 282 g/mol. The molecule has 0 aliphatic heterocycles. The average Bonchev–Trinajstić information content (AvgIpc) is 2.92. The molecule has 1 N–H and O–H groups in total. The third kappa shape index (κ3) is 2.66. The Morgan fingerprint density at radius 3 is 2.47 bits per heavy atom. The highest BCUT2D eigenvalue weighted by atomic mass is 32.2. The third-order valence-corrected chi connectivity index (χ3v) is 6.08. The molecular weight excluding hydrogens is 264 g/mol. The standard InChI is InChI=1S/C14H18O4S/c1-2-10-7-8-11(14(15)16)9-13(10)19(17,18)12-5-3-4-6-12/h7-9,12H,2-6H2,1H3,(H,15,16). The molecule has 0 saturated heterocycles. The van der Waals surface area contributed by atoms with E-state index in [1.807, 2.05) is 6.92 Å². The third-order valence-electron chi connectivity index (χ3n) is 3.74. The van der Waals surface area contributed by atoms with Crippen molar-refractivity contribution in [2.75, 3.05) is 0 Å². The van der Waals surface area contributed by atoms with Gasteiger partial charge in [-0.05, 0) is 37.0 Å². The van der Waals surface area contributed by atoms with Crippen molar-refractivity contribution >= 4 is 15.8 Å². The van der Waals surface area contributed by atoms with Crippen molar-refractivity contribution in [3.63, 3.8) is 0 Å². The van der Waals surface area contributed by atoms with Crippen LogP contribution in [0.15, 0.2) is 23.1 Å². The molecule has 0 unspecified atom stereocenters. The summed E-state index contributed by atoms with van der Waals surface area (Å²) < 4.78 is 25.2. The van der Waals surface area contributed by atoms with Crippen molar-refractivity contribution in [3.05, 3.63) is 29.3 Å². The van der Waals surface area contributed by atoms with Crippen molar-refractivity contribution in [3.8, 4) is 0 Å². The van der Waals surface area contributed by atoms with Gasteiger partial charge in [0.1, 0.15) is 0 Å². The van der Waals surface area contributed by atoms with Crippen LogP contribution in [0.1, 0.15) is 48.5 Å². The van der Waals surface area contributed by atoms with Gasteiger partial charge < -0.3 is 5.11 Å². The Bertz CT molecular complexity index is 583. The van der Waals surface area contributed by atoms with Gasteiger partial charge in [-0.25, -0.2) is 13.2 Å². The summed E-state index contributed by atoms with van der Waals surface area (Å²) in [7, 11) is -3.40. The van der Waals surface area contributed by atoms with Crippen LogP contribution in [0.4, 0.5) is 0 Å². The highest BCUT2D eigenvalue weighted by Crippen LogP contribution is 2.31. The maximum Gasteiger partial charge on any atom is 0.335 e. The smallest absolute Gasteiger partial charge is 0.335 e. The van der Waals surface area contributed by atoms with E-state index in [4.69, 9.17) is 5.11 Å². The van der Waals surface area contributed by atoms with Crippen LogP contribution in [0.3, 0.4) is 0 Å². The summed E-state index contributed by atoms with van der Waals surface area (Å²) in [6.07, 6.45) is 3.82. The van der Waals surface area contributed by atoms with Gasteiger partial charge >= 0.3 is 5.97 Å². The minimum Gasteiger partial charge on any atom is -0.478 e. The Labute approximate surface area is 113 Å². The second-order valence-corrected chi connectivity index (χ2v) is 7.13. The van der Waals surface area contributed by atoms with Crippen LogP contribution in [-0.2, 0) is 16.3 Å². The Hall–Kier alpha value is -1.36. The summed E-state index contributed by atoms with van der Waals surface area (Å²) >= 11 is 0. The molecule has 0 aromatic heterocycles.